The summed E-state index contributed by atoms with van der Waals surface area (Å²) in [6, 6.07) is 10.6. The number of benzene rings is 1. The smallest absolute Gasteiger partial charge is 0.322 e. The van der Waals surface area contributed by atoms with E-state index in [4.69, 9.17) is 16.3 Å². The van der Waals surface area contributed by atoms with E-state index in [0.717, 1.165) is 6.42 Å². The van der Waals surface area contributed by atoms with Gasteiger partial charge in [-0.05, 0) is 36.4 Å². The van der Waals surface area contributed by atoms with Crippen molar-refractivity contribution in [1.82, 2.24) is 19.7 Å². The molecule has 2 aromatic heterocycles. The molecule has 2 amide bonds. The van der Waals surface area contributed by atoms with Crippen LogP contribution in [-0.4, -0.2) is 44.9 Å². The van der Waals surface area contributed by atoms with Crippen molar-refractivity contribution in [3.05, 3.63) is 66.2 Å². The number of urea groups is 1. The second kappa shape index (κ2) is 7.67. The molecular weight excluding hydrogens is 366 g/mol. The molecule has 0 radical (unpaired) electrons. The second-order valence-corrected chi connectivity index (χ2v) is 6.64. The first-order valence-electron chi connectivity index (χ1n) is 8.61. The van der Waals surface area contributed by atoms with Gasteiger partial charge in [-0.15, -0.1) is 0 Å². The fourth-order valence-electron chi connectivity index (χ4n) is 3.02. The van der Waals surface area contributed by atoms with E-state index in [0.29, 0.717) is 35.2 Å². The van der Waals surface area contributed by atoms with Gasteiger partial charge in [0.05, 0.1) is 24.1 Å². The molecule has 1 N–H and O–H groups in total. The van der Waals surface area contributed by atoms with Crippen molar-refractivity contribution in [3.63, 3.8) is 0 Å². The molecule has 0 aliphatic carbocycles. The summed E-state index contributed by atoms with van der Waals surface area (Å²) in [5, 5.41) is 7.74. The lowest BCUT2D eigenvalue weighted by molar-refractivity contribution is 0.194. The van der Waals surface area contributed by atoms with E-state index in [1.807, 2.05) is 18.2 Å². The molecular formula is C19H18ClN5O2. The normalized spacial score (nSPS) is 16.3. The van der Waals surface area contributed by atoms with Crippen LogP contribution in [0.5, 0.6) is 5.75 Å². The van der Waals surface area contributed by atoms with E-state index < -0.39 is 0 Å². The molecule has 1 aliphatic heterocycles. The number of hydrogen-bond acceptors (Lipinski definition) is 4. The fraction of sp³-hybridized carbons (Fsp3) is 0.211. The summed E-state index contributed by atoms with van der Waals surface area (Å²) in [4.78, 5) is 18.5. The first-order valence-corrected chi connectivity index (χ1v) is 8.99. The maximum atomic E-state index is 12.7. The summed E-state index contributed by atoms with van der Waals surface area (Å²) in [5.74, 6) is 0.712. The maximum Gasteiger partial charge on any atom is 0.322 e. The zero-order chi connectivity index (χ0) is 18.6. The molecule has 0 bridgehead atoms. The van der Waals surface area contributed by atoms with Crippen LogP contribution >= 0.6 is 11.6 Å². The third kappa shape index (κ3) is 4.03. The Labute approximate surface area is 161 Å². The van der Waals surface area contributed by atoms with E-state index in [1.54, 1.807) is 52.6 Å². The third-order valence-corrected chi connectivity index (χ3v) is 4.56. The van der Waals surface area contributed by atoms with Crippen LogP contribution in [0.2, 0.25) is 5.02 Å². The first kappa shape index (κ1) is 17.4. The van der Waals surface area contributed by atoms with Crippen molar-refractivity contribution >= 4 is 23.3 Å². The molecule has 8 heteroatoms. The van der Waals surface area contributed by atoms with Gasteiger partial charge in [0.1, 0.15) is 11.9 Å². The van der Waals surface area contributed by atoms with Crippen LogP contribution in [0, 0.1) is 0 Å². The number of aromatic nitrogens is 3. The molecule has 3 aromatic rings. The van der Waals surface area contributed by atoms with Gasteiger partial charge in [-0.2, -0.15) is 5.10 Å². The number of hydrogen-bond donors (Lipinski definition) is 1. The van der Waals surface area contributed by atoms with Gasteiger partial charge in [0.15, 0.2) is 0 Å². The number of pyridine rings is 1. The molecule has 1 atom stereocenters. The lowest BCUT2D eigenvalue weighted by Crippen LogP contribution is -2.34. The van der Waals surface area contributed by atoms with Gasteiger partial charge in [0, 0.05) is 36.6 Å². The molecule has 138 valence electrons. The van der Waals surface area contributed by atoms with Gasteiger partial charge in [-0.1, -0.05) is 11.6 Å². The summed E-state index contributed by atoms with van der Waals surface area (Å²) in [5.41, 5.74) is 1.35. The van der Waals surface area contributed by atoms with E-state index >= 15 is 0 Å². The Morgan fingerprint density at radius 2 is 2.19 bits per heavy atom. The minimum atomic E-state index is -0.178. The Bertz CT molecular complexity index is 917. The van der Waals surface area contributed by atoms with Crippen LogP contribution in [0.1, 0.15) is 6.42 Å². The zero-order valence-electron chi connectivity index (χ0n) is 14.5. The van der Waals surface area contributed by atoms with Gasteiger partial charge in [0.25, 0.3) is 0 Å². The molecule has 3 heterocycles. The average molecular weight is 384 g/mol. The zero-order valence-corrected chi connectivity index (χ0v) is 15.2. The van der Waals surface area contributed by atoms with E-state index in [-0.39, 0.29) is 12.1 Å². The largest absolute Gasteiger partial charge is 0.487 e. The molecule has 1 aliphatic rings. The Morgan fingerprint density at radius 3 is 2.96 bits per heavy atom. The van der Waals surface area contributed by atoms with E-state index in [9.17, 15) is 4.79 Å². The number of anilines is 1. The van der Waals surface area contributed by atoms with Crippen molar-refractivity contribution in [2.75, 3.05) is 18.4 Å². The maximum absolute atomic E-state index is 12.7. The highest BCUT2D eigenvalue weighted by Gasteiger charge is 2.28. The Morgan fingerprint density at radius 1 is 1.26 bits per heavy atom. The number of carbonyl (C=O) groups excluding carboxylic acids is 1. The number of amides is 2. The summed E-state index contributed by atoms with van der Waals surface area (Å²) in [6.45, 7) is 1.15. The van der Waals surface area contributed by atoms with Gasteiger partial charge >= 0.3 is 6.03 Å². The molecule has 0 saturated carbocycles. The third-order valence-electron chi connectivity index (χ3n) is 4.32. The Kier molecular flexibility index (Phi) is 4.93. The molecule has 7 nitrogen and oxygen atoms in total. The molecule has 0 spiro atoms. The van der Waals surface area contributed by atoms with Crippen molar-refractivity contribution in [2.24, 2.45) is 0 Å². The van der Waals surface area contributed by atoms with Crippen molar-refractivity contribution in [3.8, 4) is 11.4 Å². The molecule has 1 unspecified atom stereocenters. The minimum Gasteiger partial charge on any atom is -0.487 e. The monoisotopic (exact) mass is 383 g/mol. The van der Waals surface area contributed by atoms with Crippen molar-refractivity contribution < 1.29 is 9.53 Å². The highest BCUT2D eigenvalue weighted by molar-refractivity contribution is 6.30. The van der Waals surface area contributed by atoms with Crippen LogP contribution in [0.15, 0.2) is 61.2 Å². The van der Waals surface area contributed by atoms with Crippen LogP contribution in [0.3, 0.4) is 0 Å². The van der Waals surface area contributed by atoms with Crippen molar-refractivity contribution in [2.45, 2.75) is 12.5 Å². The Hall–Kier alpha value is -3.06. The number of nitrogens with zero attached hydrogens (tertiary/aromatic N) is 4. The van der Waals surface area contributed by atoms with Crippen LogP contribution < -0.4 is 10.1 Å². The number of nitrogens with one attached hydrogen (secondary N) is 1. The highest BCUT2D eigenvalue weighted by atomic mass is 35.5. The average Bonchev–Trinajstić information content (AvgIpc) is 3.36. The molecule has 1 saturated heterocycles. The second-order valence-electron chi connectivity index (χ2n) is 6.21. The predicted molar refractivity (Wildman–Crippen MR) is 102 cm³/mol. The molecule has 27 heavy (non-hydrogen) atoms. The fourth-order valence-corrected chi connectivity index (χ4v) is 3.19. The summed E-state index contributed by atoms with van der Waals surface area (Å²) >= 11 is 6.11. The summed E-state index contributed by atoms with van der Waals surface area (Å²) in [7, 11) is 0. The number of likely N-dealkylation sites (tertiary alicyclic amines) is 1. The highest BCUT2D eigenvalue weighted by Crippen LogP contribution is 2.25. The van der Waals surface area contributed by atoms with Gasteiger partial charge in [-0.3, -0.25) is 4.98 Å². The standard InChI is InChI=1S/C19H18ClN5O2/c20-14-4-5-17(18(11-14)25-9-2-8-22-25)23-19(26)24-10-6-16(13-24)27-15-3-1-7-21-12-15/h1-5,7-9,11-12,16H,6,10,13H2,(H,23,26). The first-order chi connectivity index (χ1) is 13.2. The molecule has 1 aromatic carbocycles. The minimum absolute atomic E-state index is 0.0456. The quantitative estimate of drug-likeness (QED) is 0.747. The predicted octanol–water partition coefficient (Wildman–Crippen LogP) is 3.61. The van der Waals surface area contributed by atoms with Gasteiger partial charge < -0.3 is 15.0 Å². The number of rotatable bonds is 4. The lowest BCUT2D eigenvalue weighted by Gasteiger charge is -2.19. The number of carbonyl (C=O) groups is 1. The number of ether oxygens (including phenoxy) is 1. The Balaban J connectivity index is 1.43. The lowest BCUT2D eigenvalue weighted by atomic mass is 10.2. The molecule has 1 fully saturated rings. The SMILES string of the molecule is O=C(Nc1ccc(Cl)cc1-n1cccn1)N1CCC(Oc2cccnc2)C1. The van der Waals surface area contributed by atoms with E-state index in [2.05, 4.69) is 15.4 Å². The summed E-state index contributed by atoms with van der Waals surface area (Å²) in [6.07, 6.45) is 7.57. The topological polar surface area (TPSA) is 72.3 Å². The van der Waals surface area contributed by atoms with Gasteiger partial charge in [-0.25, -0.2) is 9.48 Å². The van der Waals surface area contributed by atoms with Crippen LogP contribution in [0.4, 0.5) is 10.5 Å². The summed E-state index contributed by atoms with van der Waals surface area (Å²) < 4.78 is 7.56. The molecule has 4 rings (SSSR count). The number of halogens is 1. The van der Waals surface area contributed by atoms with Crippen LogP contribution in [-0.2, 0) is 0 Å². The van der Waals surface area contributed by atoms with Crippen LogP contribution in [0.25, 0.3) is 5.69 Å². The van der Waals surface area contributed by atoms with Crippen molar-refractivity contribution in [1.29, 1.82) is 0 Å². The van der Waals surface area contributed by atoms with Gasteiger partial charge in [0.2, 0.25) is 0 Å². The van der Waals surface area contributed by atoms with E-state index in [1.165, 1.54) is 0 Å².